The number of anilines is 1. The van der Waals surface area contributed by atoms with Gasteiger partial charge < -0.3 is 11.1 Å². The van der Waals surface area contributed by atoms with Gasteiger partial charge in [-0.1, -0.05) is 13.8 Å². The first-order valence-corrected chi connectivity index (χ1v) is 4.77. The fourth-order valence-corrected chi connectivity index (χ4v) is 1.37. The molecule has 0 spiro atoms. The molecule has 0 bridgehead atoms. The van der Waals surface area contributed by atoms with Gasteiger partial charge in [-0.3, -0.25) is 0 Å². The summed E-state index contributed by atoms with van der Waals surface area (Å²) in [5.41, 5.74) is 7.00. The van der Waals surface area contributed by atoms with Gasteiger partial charge in [0.2, 0.25) is 0 Å². The molecule has 0 aliphatic heterocycles. The van der Waals surface area contributed by atoms with E-state index in [1.807, 2.05) is 13.8 Å². The second-order valence-corrected chi connectivity index (χ2v) is 3.82. The summed E-state index contributed by atoms with van der Waals surface area (Å²) in [5, 5.41) is 3.02. The van der Waals surface area contributed by atoms with Gasteiger partial charge in [0.05, 0.1) is 0 Å². The number of nitrogens with two attached hydrogens (primary N) is 1. The van der Waals surface area contributed by atoms with E-state index in [1.165, 1.54) is 12.1 Å². The molecule has 0 heterocycles. The van der Waals surface area contributed by atoms with Crippen LogP contribution in [0.15, 0.2) is 18.2 Å². The highest BCUT2D eigenvalue weighted by atomic mass is 32.1. The normalized spacial score (nSPS) is 10.3. The van der Waals surface area contributed by atoms with E-state index >= 15 is 0 Å². The summed E-state index contributed by atoms with van der Waals surface area (Å²) >= 11 is 4.73. The average Bonchev–Trinajstić information content (AvgIpc) is 2.07. The van der Waals surface area contributed by atoms with Crippen molar-refractivity contribution in [2.45, 2.75) is 19.8 Å². The minimum absolute atomic E-state index is 0.193. The highest BCUT2D eigenvalue weighted by Gasteiger charge is 2.07. The molecule has 0 saturated heterocycles. The Kier molecular flexibility index (Phi) is 3.41. The van der Waals surface area contributed by atoms with Crippen LogP contribution in [0.25, 0.3) is 0 Å². The lowest BCUT2D eigenvalue weighted by Gasteiger charge is -2.13. The Morgan fingerprint density at radius 2 is 2.14 bits per heavy atom. The maximum atomic E-state index is 13.0. The van der Waals surface area contributed by atoms with E-state index in [9.17, 15) is 4.39 Å². The number of hydrogen-bond donors (Lipinski definition) is 2. The van der Waals surface area contributed by atoms with Crippen LogP contribution in [0.3, 0.4) is 0 Å². The van der Waals surface area contributed by atoms with E-state index in [0.29, 0.717) is 0 Å². The smallest absolute Gasteiger partial charge is 0.168 e. The number of halogens is 1. The topological polar surface area (TPSA) is 38.0 Å². The minimum Gasteiger partial charge on any atom is -0.376 e. The van der Waals surface area contributed by atoms with Gasteiger partial charge in [0, 0.05) is 5.69 Å². The fourth-order valence-electron chi connectivity index (χ4n) is 1.26. The van der Waals surface area contributed by atoms with Crippen LogP contribution >= 0.6 is 12.2 Å². The second-order valence-electron chi connectivity index (χ2n) is 3.38. The summed E-state index contributed by atoms with van der Waals surface area (Å²) in [4.78, 5) is 0. The van der Waals surface area contributed by atoms with Crippen molar-refractivity contribution in [3.8, 4) is 0 Å². The standard InChI is InChI=1S/C10H13FN2S/c1-6(2)8-5-7(11)3-4-9(8)13-10(12)14/h3-6H,1-2H3,(H3,12,13,14). The van der Waals surface area contributed by atoms with Crippen LogP contribution in [0.4, 0.5) is 10.1 Å². The Morgan fingerprint density at radius 3 is 2.64 bits per heavy atom. The van der Waals surface area contributed by atoms with Gasteiger partial charge in [-0.05, 0) is 41.9 Å². The predicted molar refractivity (Wildman–Crippen MR) is 60.9 cm³/mol. The van der Waals surface area contributed by atoms with Gasteiger partial charge in [0.15, 0.2) is 5.11 Å². The van der Waals surface area contributed by atoms with Crippen LogP contribution in [0.5, 0.6) is 0 Å². The molecule has 76 valence electrons. The van der Waals surface area contributed by atoms with Crippen molar-refractivity contribution in [1.29, 1.82) is 0 Å². The molecule has 1 rings (SSSR count). The maximum absolute atomic E-state index is 13.0. The quantitative estimate of drug-likeness (QED) is 0.740. The molecule has 0 fully saturated rings. The van der Waals surface area contributed by atoms with E-state index < -0.39 is 0 Å². The minimum atomic E-state index is -0.248. The van der Waals surface area contributed by atoms with Crippen molar-refractivity contribution in [3.63, 3.8) is 0 Å². The summed E-state index contributed by atoms with van der Waals surface area (Å²) in [7, 11) is 0. The third kappa shape index (κ3) is 2.67. The zero-order chi connectivity index (χ0) is 10.7. The van der Waals surface area contributed by atoms with Crippen LogP contribution in [0.1, 0.15) is 25.3 Å². The van der Waals surface area contributed by atoms with Crippen molar-refractivity contribution in [3.05, 3.63) is 29.6 Å². The molecular formula is C10H13FN2S. The molecule has 0 unspecified atom stereocenters. The number of hydrogen-bond acceptors (Lipinski definition) is 1. The van der Waals surface area contributed by atoms with Crippen molar-refractivity contribution < 1.29 is 4.39 Å². The largest absolute Gasteiger partial charge is 0.376 e. The number of thiocarbonyl (C=S) groups is 1. The van der Waals surface area contributed by atoms with E-state index in [4.69, 9.17) is 18.0 Å². The van der Waals surface area contributed by atoms with Crippen molar-refractivity contribution >= 4 is 23.0 Å². The monoisotopic (exact) mass is 212 g/mol. The molecule has 14 heavy (non-hydrogen) atoms. The lowest BCUT2D eigenvalue weighted by molar-refractivity contribution is 0.623. The summed E-state index contributed by atoms with van der Waals surface area (Å²) in [5.74, 6) is -0.0234. The molecule has 4 heteroatoms. The first-order chi connectivity index (χ1) is 6.50. The lowest BCUT2D eigenvalue weighted by Crippen LogP contribution is -2.20. The Labute approximate surface area is 88.3 Å². The van der Waals surface area contributed by atoms with Crippen LogP contribution in [-0.2, 0) is 0 Å². The zero-order valence-corrected chi connectivity index (χ0v) is 8.99. The van der Waals surface area contributed by atoms with E-state index in [-0.39, 0.29) is 16.8 Å². The maximum Gasteiger partial charge on any atom is 0.168 e. The molecule has 1 aromatic carbocycles. The van der Waals surface area contributed by atoms with E-state index in [1.54, 1.807) is 6.07 Å². The number of nitrogens with one attached hydrogen (secondary N) is 1. The fraction of sp³-hybridized carbons (Fsp3) is 0.300. The molecular weight excluding hydrogens is 199 g/mol. The van der Waals surface area contributed by atoms with E-state index in [0.717, 1.165) is 11.3 Å². The second kappa shape index (κ2) is 4.37. The third-order valence-corrected chi connectivity index (χ3v) is 2.00. The Balaban J connectivity index is 3.08. The first kappa shape index (κ1) is 10.9. The van der Waals surface area contributed by atoms with Crippen LogP contribution in [-0.4, -0.2) is 5.11 Å². The Hall–Kier alpha value is -1.16. The molecule has 3 N–H and O–H groups in total. The molecule has 0 aliphatic carbocycles. The summed E-state index contributed by atoms with van der Waals surface area (Å²) in [6, 6.07) is 4.52. The van der Waals surface area contributed by atoms with Crippen LogP contribution < -0.4 is 11.1 Å². The van der Waals surface area contributed by atoms with Gasteiger partial charge in [0.25, 0.3) is 0 Å². The third-order valence-electron chi connectivity index (χ3n) is 1.89. The van der Waals surface area contributed by atoms with Gasteiger partial charge >= 0.3 is 0 Å². The summed E-state index contributed by atoms with van der Waals surface area (Å²) in [6.07, 6.45) is 0. The molecule has 0 radical (unpaired) electrons. The number of rotatable bonds is 2. The Morgan fingerprint density at radius 1 is 1.50 bits per heavy atom. The highest BCUT2D eigenvalue weighted by Crippen LogP contribution is 2.24. The van der Waals surface area contributed by atoms with Gasteiger partial charge in [0.1, 0.15) is 5.82 Å². The molecule has 1 aromatic rings. The molecule has 0 aliphatic rings. The van der Waals surface area contributed by atoms with Crippen LogP contribution in [0.2, 0.25) is 0 Å². The Bertz CT molecular complexity index is 350. The molecule has 0 aromatic heterocycles. The lowest BCUT2D eigenvalue weighted by atomic mass is 10.0. The van der Waals surface area contributed by atoms with Crippen molar-refractivity contribution in [1.82, 2.24) is 0 Å². The molecule has 0 saturated carbocycles. The van der Waals surface area contributed by atoms with E-state index in [2.05, 4.69) is 5.32 Å². The average molecular weight is 212 g/mol. The van der Waals surface area contributed by atoms with Gasteiger partial charge in [-0.25, -0.2) is 4.39 Å². The zero-order valence-electron chi connectivity index (χ0n) is 8.17. The summed E-state index contributed by atoms with van der Waals surface area (Å²) < 4.78 is 13.0. The van der Waals surface area contributed by atoms with Crippen molar-refractivity contribution in [2.75, 3.05) is 5.32 Å². The molecule has 2 nitrogen and oxygen atoms in total. The molecule has 0 amide bonds. The summed E-state index contributed by atoms with van der Waals surface area (Å²) in [6.45, 7) is 3.97. The first-order valence-electron chi connectivity index (χ1n) is 4.36. The van der Waals surface area contributed by atoms with Gasteiger partial charge in [-0.2, -0.15) is 0 Å². The molecule has 0 atom stereocenters. The predicted octanol–water partition coefficient (Wildman–Crippen LogP) is 2.60. The SMILES string of the molecule is CC(C)c1cc(F)ccc1NC(N)=S. The number of benzene rings is 1. The van der Waals surface area contributed by atoms with Crippen LogP contribution in [0, 0.1) is 5.82 Å². The van der Waals surface area contributed by atoms with Gasteiger partial charge in [-0.15, -0.1) is 0 Å². The van der Waals surface area contributed by atoms with Crippen molar-refractivity contribution in [2.24, 2.45) is 5.73 Å². The highest BCUT2D eigenvalue weighted by molar-refractivity contribution is 7.80.